The number of piperidine rings is 1. The summed E-state index contributed by atoms with van der Waals surface area (Å²) in [6.45, 7) is 5.49. The van der Waals surface area contributed by atoms with Crippen molar-refractivity contribution in [3.63, 3.8) is 0 Å². The number of fused-ring (bicyclic) bond motifs is 9. The van der Waals surface area contributed by atoms with Crippen molar-refractivity contribution in [2.45, 2.75) is 82.8 Å². The number of rotatable bonds is 1. The van der Waals surface area contributed by atoms with Crippen LogP contribution in [-0.2, 0) is 28.1 Å². The minimum atomic E-state index is -3.01. The number of carbonyl (C=O) groups excluding carboxylic acids is 1. The van der Waals surface area contributed by atoms with Gasteiger partial charge in [-0.15, -0.1) is 0 Å². The Morgan fingerprint density at radius 1 is 0.978 bits per heavy atom. The molecule has 2 N–H and O–H groups in total. The first-order chi connectivity index (χ1) is 21.6. The van der Waals surface area contributed by atoms with E-state index in [1.165, 1.54) is 12.4 Å². The quantitative estimate of drug-likeness (QED) is 0.397. The number of pyridine rings is 1. The Morgan fingerprint density at radius 3 is 2.49 bits per heavy atom. The second-order valence-electron chi connectivity index (χ2n) is 12.7. The second kappa shape index (κ2) is 13.2. The maximum Gasteiger partial charge on any atom is 0.276 e. The molecule has 8 bridgehead atoms. The number of benzene rings is 1. The van der Waals surface area contributed by atoms with Crippen LogP contribution in [0.1, 0.15) is 81.0 Å². The summed E-state index contributed by atoms with van der Waals surface area (Å²) < 4.78 is 45.6. The molecular weight excluding hydrogens is 598 g/mol. The zero-order valence-corrected chi connectivity index (χ0v) is 26.8. The summed E-state index contributed by atoms with van der Waals surface area (Å²) in [7, 11) is -0.865. The normalized spacial score (nSPS) is 29.5. The molecule has 1 unspecified atom stereocenters. The van der Waals surface area contributed by atoms with Crippen molar-refractivity contribution in [2.24, 2.45) is 5.92 Å². The van der Waals surface area contributed by atoms with E-state index in [9.17, 15) is 13.8 Å². The molecule has 2 atom stereocenters. The molecule has 6 heterocycles. The lowest BCUT2D eigenvalue weighted by molar-refractivity contribution is -0.128. The van der Waals surface area contributed by atoms with Gasteiger partial charge in [-0.1, -0.05) is 18.2 Å². The van der Waals surface area contributed by atoms with E-state index in [-0.39, 0.29) is 29.0 Å². The van der Waals surface area contributed by atoms with Crippen molar-refractivity contribution in [1.29, 1.82) is 0 Å². The lowest BCUT2D eigenvalue weighted by Crippen LogP contribution is -2.49. The Balaban J connectivity index is 1.40. The molecule has 4 aliphatic heterocycles. The smallest absolute Gasteiger partial charge is 0.276 e. The molecule has 0 spiro atoms. The number of carbonyl (C=O) groups is 1. The molecule has 4 aliphatic rings. The number of nitrogens with zero attached hydrogens (tertiary/aromatic N) is 4. The maximum atomic E-state index is 15.9. The highest BCUT2D eigenvalue weighted by Crippen LogP contribution is 2.42. The fraction of sp³-hybridized carbons (Fsp3) is 0.576. The number of hydrogen-bond acceptors (Lipinski definition) is 7. The topological polar surface area (TPSA) is 109 Å². The van der Waals surface area contributed by atoms with Gasteiger partial charge in [-0.05, 0) is 89.1 Å². The lowest BCUT2D eigenvalue weighted by Gasteiger charge is -2.38. The number of aryl methyl sites for hydroxylation is 1. The zero-order chi connectivity index (χ0) is 31.7. The van der Waals surface area contributed by atoms with Gasteiger partial charge in [0.1, 0.15) is 17.8 Å². The Hall–Kier alpha value is -3.25. The largest absolute Gasteiger partial charge is 0.363 e. The average Bonchev–Trinajstić information content (AvgIpc) is 3.05. The van der Waals surface area contributed by atoms with E-state index < -0.39 is 28.7 Å². The van der Waals surface area contributed by atoms with Gasteiger partial charge in [-0.3, -0.25) is 23.3 Å². The van der Waals surface area contributed by atoms with Crippen LogP contribution in [0, 0.1) is 5.92 Å². The lowest BCUT2D eigenvalue weighted by atomic mass is 9.85. The molecule has 0 aliphatic carbocycles. The first kappa shape index (κ1) is 31.7. The van der Waals surface area contributed by atoms with E-state index in [1.54, 1.807) is 16.7 Å². The van der Waals surface area contributed by atoms with E-state index in [1.807, 2.05) is 30.9 Å². The first-order valence-electron chi connectivity index (χ1n) is 16.1. The fourth-order valence-corrected chi connectivity index (χ4v) is 8.33. The van der Waals surface area contributed by atoms with Gasteiger partial charge in [0.15, 0.2) is 0 Å². The van der Waals surface area contributed by atoms with E-state index in [4.69, 9.17) is 0 Å². The molecule has 0 radical (unpaired) electrons. The number of amides is 1. The van der Waals surface area contributed by atoms with Gasteiger partial charge in [0.05, 0.1) is 11.4 Å². The first-order valence-corrected chi connectivity index (χ1v) is 17.6. The highest BCUT2D eigenvalue weighted by atomic mass is 32.2. The molecule has 1 aromatic carbocycles. The Bertz CT molecular complexity index is 1630. The average molecular weight is 641 g/mol. The highest BCUT2D eigenvalue weighted by Gasteiger charge is 2.43. The summed E-state index contributed by atoms with van der Waals surface area (Å²) in [5.74, 6) is -2.30. The van der Waals surface area contributed by atoms with Gasteiger partial charge in [0.2, 0.25) is 5.91 Å². The van der Waals surface area contributed by atoms with E-state index in [0.717, 1.165) is 0 Å². The molecule has 45 heavy (non-hydrogen) atoms. The third-order valence-electron chi connectivity index (χ3n) is 9.94. The summed E-state index contributed by atoms with van der Waals surface area (Å²) >= 11 is 0. The summed E-state index contributed by atoms with van der Waals surface area (Å²) in [5.41, 5.74) is 1.75. The SMILES string of the molecule is CC1C(=O)NCCCCn2c(=O)c(C3CCS(=O)CC3)cc3c(ncnc32)N[C@H](C)c2cccc(c2)C(F)(F)C2CCN1CC2. The van der Waals surface area contributed by atoms with Gasteiger partial charge in [0.25, 0.3) is 11.5 Å². The van der Waals surface area contributed by atoms with Gasteiger partial charge in [0, 0.05) is 58.5 Å². The third kappa shape index (κ3) is 6.54. The molecule has 0 saturated carbocycles. The van der Waals surface area contributed by atoms with Crippen molar-refractivity contribution in [1.82, 2.24) is 24.8 Å². The maximum absolute atomic E-state index is 15.9. The van der Waals surface area contributed by atoms with Crippen LogP contribution in [0.3, 0.4) is 0 Å². The zero-order valence-electron chi connectivity index (χ0n) is 25.9. The molecule has 9 nitrogen and oxygen atoms in total. The monoisotopic (exact) mass is 640 g/mol. The molecule has 2 aromatic heterocycles. The van der Waals surface area contributed by atoms with Crippen LogP contribution < -0.4 is 16.2 Å². The summed E-state index contributed by atoms with van der Waals surface area (Å²) in [5, 5.41) is 7.12. The van der Waals surface area contributed by atoms with Crippen molar-refractivity contribution in [2.75, 3.05) is 36.5 Å². The standard InChI is InChI=1S/C33H42F2N6O3S/c1-21-24-6-5-7-26(18-24)33(34,35)25-8-14-40(15-9-25)22(2)31(42)36-12-3-4-13-41-30-28(29(39-21)37-20-38-30)19-27(32(41)43)23-10-16-45(44)17-11-23/h5-7,18-23,25H,3-4,8-17H2,1-2H3,(H,36,42)(H,37,38,39)/t21-,22?,23?,45?/m1/s1. The van der Waals surface area contributed by atoms with Gasteiger partial charge < -0.3 is 10.6 Å². The van der Waals surface area contributed by atoms with E-state index >= 15 is 8.78 Å². The minimum absolute atomic E-state index is 0.0119. The third-order valence-corrected chi connectivity index (χ3v) is 11.3. The molecule has 2 saturated heterocycles. The van der Waals surface area contributed by atoms with Crippen molar-refractivity contribution < 1.29 is 17.8 Å². The highest BCUT2D eigenvalue weighted by molar-refractivity contribution is 7.85. The number of hydrogen-bond donors (Lipinski definition) is 2. The summed E-state index contributed by atoms with van der Waals surface area (Å²) in [6.07, 6.45) is 4.70. The summed E-state index contributed by atoms with van der Waals surface area (Å²) in [4.78, 5) is 37.9. The molecule has 3 aromatic rings. The molecule has 2 fully saturated rings. The van der Waals surface area contributed by atoms with E-state index in [2.05, 4.69) is 20.6 Å². The second-order valence-corrected chi connectivity index (χ2v) is 14.4. The van der Waals surface area contributed by atoms with Gasteiger partial charge >= 0.3 is 0 Å². The fourth-order valence-electron chi connectivity index (χ4n) is 7.03. The molecule has 1 amide bonds. The van der Waals surface area contributed by atoms with Crippen LogP contribution in [-0.4, -0.2) is 66.7 Å². The number of aromatic nitrogens is 3. The van der Waals surface area contributed by atoms with Gasteiger partial charge in [-0.2, -0.15) is 0 Å². The van der Waals surface area contributed by atoms with Crippen molar-refractivity contribution in [3.8, 4) is 0 Å². The molecule has 242 valence electrons. The van der Waals surface area contributed by atoms with Crippen LogP contribution in [0.15, 0.2) is 41.5 Å². The van der Waals surface area contributed by atoms with Crippen molar-refractivity contribution in [3.05, 3.63) is 63.7 Å². The van der Waals surface area contributed by atoms with Gasteiger partial charge in [-0.25, -0.2) is 18.7 Å². The molecule has 12 heteroatoms. The number of halogens is 2. The van der Waals surface area contributed by atoms with Crippen LogP contribution in [0.4, 0.5) is 14.6 Å². The van der Waals surface area contributed by atoms with Crippen LogP contribution >= 0.6 is 0 Å². The van der Waals surface area contributed by atoms with Crippen LogP contribution in [0.5, 0.6) is 0 Å². The minimum Gasteiger partial charge on any atom is -0.363 e. The van der Waals surface area contributed by atoms with Crippen LogP contribution in [0.2, 0.25) is 0 Å². The predicted molar refractivity (Wildman–Crippen MR) is 172 cm³/mol. The van der Waals surface area contributed by atoms with Crippen LogP contribution in [0.25, 0.3) is 11.0 Å². The number of anilines is 1. The molecule has 7 rings (SSSR count). The Morgan fingerprint density at radius 2 is 1.73 bits per heavy atom. The Labute approximate surface area is 264 Å². The number of nitrogens with one attached hydrogen (secondary N) is 2. The number of alkyl halides is 2. The van der Waals surface area contributed by atoms with Crippen molar-refractivity contribution >= 4 is 33.6 Å². The Kier molecular flexibility index (Phi) is 9.33. The summed E-state index contributed by atoms with van der Waals surface area (Å²) in [6, 6.07) is 7.69. The van der Waals surface area contributed by atoms with E-state index in [0.29, 0.717) is 104 Å². The predicted octanol–water partition coefficient (Wildman–Crippen LogP) is 4.69. The molecular formula is C33H42F2N6O3S.